The second-order valence-corrected chi connectivity index (χ2v) is 4.35. The van der Waals surface area contributed by atoms with Gasteiger partial charge in [-0.15, -0.1) is 11.3 Å². The van der Waals surface area contributed by atoms with Crippen LogP contribution >= 0.6 is 36.2 Å². The number of thiol groups is 1. The second kappa shape index (κ2) is 3.55. The zero-order chi connectivity index (χ0) is 9.30. The van der Waals surface area contributed by atoms with Crippen LogP contribution in [0.2, 0.25) is 0 Å². The Labute approximate surface area is 85.2 Å². The summed E-state index contributed by atoms with van der Waals surface area (Å²) in [5.41, 5.74) is 6.20. The third-order valence-electron chi connectivity index (χ3n) is 1.39. The van der Waals surface area contributed by atoms with E-state index in [9.17, 15) is 4.79 Å². The Balaban J connectivity index is 3.17. The molecule has 0 radical (unpaired) electrons. The smallest absolute Gasteiger partial charge is 0.226 e. The summed E-state index contributed by atoms with van der Waals surface area (Å²) in [5.74, 6) is 0. The Bertz CT molecular complexity index is 342. The van der Waals surface area contributed by atoms with Gasteiger partial charge in [0.25, 0.3) is 0 Å². The van der Waals surface area contributed by atoms with Gasteiger partial charge in [-0.3, -0.25) is 4.79 Å². The summed E-state index contributed by atoms with van der Waals surface area (Å²) in [7, 11) is 0. The lowest BCUT2D eigenvalue weighted by molar-refractivity contribution is 0.109. The van der Waals surface area contributed by atoms with Gasteiger partial charge < -0.3 is 5.73 Å². The zero-order valence-corrected chi connectivity index (χ0v) is 8.85. The molecular weight excluding hydrogens is 210 g/mol. The van der Waals surface area contributed by atoms with Gasteiger partial charge in [0, 0.05) is 10.4 Å². The van der Waals surface area contributed by atoms with Gasteiger partial charge in [-0.1, -0.05) is 24.8 Å². The normalized spacial score (nSPS) is 9.83. The Hall–Kier alpha value is -0.390. The third-order valence-corrected chi connectivity index (χ3v) is 3.06. The van der Waals surface area contributed by atoms with Crippen LogP contribution in [0.5, 0.6) is 0 Å². The fourth-order valence-corrected chi connectivity index (χ4v) is 2.18. The van der Waals surface area contributed by atoms with Gasteiger partial charge in [0.1, 0.15) is 4.99 Å². The largest absolute Gasteiger partial charge is 0.389 e. The summed E-state index contributed by atoms with van der Waals surface area (Å²) in [5, 5.41) is -0.245. The third kappa shape index (κ3) is 1.85. The van der Waals surface area contributed by atoms with Crippen LogP contribution in [-0.4, -0.2) is 10.1 Å². The van der Waals surface area contributed by atoms with Crippen LogP contribution in [0, 0.1) is 6.92 Å². The molecule has 0 aliphatic heterocycles. The maximum Gasteiger partial charge on any atom is 0.226 e. The Morgan fingerprint density at radius 3 is 2.58 bits per heavy atom. The van der Waals surface area contributed by atoms with Gasteiger partial charge >= 0.3 is 0 Å². The van der Waals surface area contributed by atoms with Crippen LogP contribution in [0.15, 0.2) is 6.07 Å². The first-order valence-corrected chi connectivity index (χ1v) is 4.83. The highest BCUT2D eigenvalue weighted by molar-refractivity contribution is 7.97. The molecule has 0 saturated carbocycles. The maximum absolute atomic E-state index is 10.8. The van der Waals surface area contributed by atoms with E-state index in [1.807, 2.05) is 6.92 Å². The predicted octanol–water partition coefficient (Wildman–Crippen LogP) is 1.76. The molecule has 0 unspecified atom stereocenters. The molecule has 2 N–H and O–H groups in total. The minimum absolute atomic E-state index is 0.245. The number of thiophene rings is 1. The molecule has 0 atom stereocenters. The Kier molecular flexibility index (Phi) is 2.87. The average molecular weight is 217 g/mol. The highest BCUT2D eigenvalue weighted by Gasteiger charge is 2.10. The van der Waals surface area contributed by atoms with Crippen molar-refractivity contribution in [3.05, 3.63) is 21.4 Å². The van der Waals surface area contributed by atoms with Crippen LogP contribution < -0.4 is 5.73 Å². The van der Waals surface area contributed by atoms with E-state index in [2.05, 4.69) is 12.6 Å². The van der Waals surface area contributed by atoms with Crippen molar-refractivity contribution in [2.45, 2.75) is 6.92 Å². The molecule has 0 spiro atoms. The number of carbonyl (C=O) groups is 1. The molecule has 1 aromatic rings. The van der Waals surface area contributed by atoms with Gasteiger partial charge in [-0.05, 0) is 13.0 Å². The minimum atomic E-state index is -0.245. The molecule has 0 bridgehead atoms. The van der Waals surface area contributed by atoms with Crippen molar-refractivity contribution in [1.82, 2.24) is 0 Å². The van der Waals surface area contributed by atoms with Crippen LogP contribution in [0.1, 0.15) is 20.1 Å². The molecule has 0 saturated heterocycles. The van der Waals surface area contributed by atoms with Crippen LogP contribution in [0.4, 0.5) is 0 Å². The molecule has 0 aromatic carbocycles. The molecule has 64 valence electrons. The molecule has 1 rings (SSSR count). The number of rotatable bonds is 2. The van der Waals surface area contributed by atoms with Crippen molar-refractivity contribution in [3.63, 3.8) is 0 Å². The van der Waals surface area contributed by atoms with Crippen molar-refractivity contribution in [2.75, 3.05) is 0 Å². The second-order valence-electron chi connectivity index (χ2n) is 2.25. The molecule has 2 nitrogen and oxygen atoms in total. The average Bonchev–Trinajstić information content (AvgIpc) is 2.30. The first-order chi connectivity index (χ1) is 5.52. The monoisotopic (exact) mass is 217 g/mol. The summed E-state index contributed by atoms with van der Waals surface area (Å²) in [4.78, 5) is 12.7. The highest BCUT2D eigenvalue weighted by Crippen LogP contribution is 2.22. The van der Waals surface area contributed by atoms with Crippen LogP contribution in [0.3, 0.4) is 0 Å². The van der Waals surface area contributed by atoms with Crippen LogP contribution in [-0.2, 0) is 0 Å². The number of hydrogen-bond donors (Lipinski definition) is 2. The first-order valence-electron chi connectivity index (χ1n) is 3.16. The highest BCUT2D eigenvalue weighted by atomic mass is 32.1. The number of aryl methyl sites for hydroxylation is 1. The lowest BCUT2D eigenvalue weighted by Gasteiger charge is -1.91. The van der Waals surface area contributed by atoms with Gasteiger partial charge in [0.05, 0.1) is 4.88 Å². The molecule has 5 heteroatoms. The van der Waals surface area contributed by atoms with Crippen molar-refractivity contribution in [2.24, 2.45) is 5.73 Å². The molecular formula is C7H7NOS3. The summed E-state index contributed by atoms with van der Waals surface area (Å²) in [6.07, 6.45) is 0. The summed E-state index contributed by atoms with van der Waals surface area (Å²) >= 11 is 9.86. The van der Waals surface area contributed by atoms with E-state index in [1.54, 1.807) is 6.07 Å². The van der Waals surface area contributed by atoms with Gasteiger partial charge in [-0.2, -0.15) is 0 Å². The predicted molar refractivity (Wildman–Crippen MR) is 58.3 cm³/mol. The van der Waals surface area contributed by atoms with Gasteiger partial charge in [0.15, 0.2) is 0 Å². The van der Waals surface area contributed by atoms with Crippen molar-refractivity contribution < 1.29 is 4.79 Å². The summed E-state index contributed by atoms with van der Waals surface area (Å²) in [6, 6.07) is 1.68. The number of carbonyl (C=O) groups excluding carboxylic acids is 1. The first kappa shape index (κ1) is 9.70. The van der Waals surface area contributed by atoms with E-state index in [0.717, 1.165) is 10.4 Å². The van der Waals surface area contributed by atoms with Crippen molar-refractivity contribution in [1.29, 1.82) is 0 Å². The molecule has 0 aliphatic rings. The van der Waals surface area contributed by atoms with E-state index in [0.29, 0.717) is 9.87 Å². The van der Waals surface area contributed by atoms with E-state index in [1.165, 1.54) is 11.3 Å². The van der Waals surface area contributed by atoms with Gasteiger partial charge in [0.2, 0.25) is 5.12 Å². The molecule has 12 heavy (non-hydrogen) atoms. The maximum atomic E-state index is 10.8. The summed E-state index contributed by atoms with van der Waals surface area (Å²) < 4.78 is 0. The van der Waals surface area contributed by atoms with E-state index in [4.69, 9.17) is 18.0 Å². The van der Waals surface area contributed by atoms with Crippen molar-refractivity contribution in [3.8, 4) is 0 Å². The SMILES string of the molecule is Cc1sc(C(=O)S)cc1C(N)=S. The molecule has 0 aliphatic carbocycles. The van der Waals surface area contributed by atoms with E-state index >= 15 is 0 Å². The molecule has 1 aromatic heterocycles. The molecule has 1 heterocycles. The van der Waals surface area contributed by atoms with E-state index < -0.39 is 0 Å². The molecule has 0 fully saturated rings. The number of hydrogen-bond acceptors (Lipinski definition) is 3. The fraction of sp³-hybridized carbons (Fsp3) is 0.143. The minimum Gasteiger partial charge on any atom is -0.389 e. The fourth-order valence-electron chi connectivity index (χ4n) is 0.832. The lowest BCUT2D eigenvalue weighted by Crippen LogP contribution is -2.09. The van der Waals surface area contributed by atoms with Crippen LogP contribution in [0.25, 0.3) is 0 Å². The summed E-state index contributed by atoms with van der Waals surface area (Å²) in [6.45, 7) is 1.87. The Morgan fingerprint density at radius 2 is 2.33 bits per heavy atom. The quantitative estimate of drug-likeness (QED) is 0.586. The van der Waals surface area contributed by atoms with Gasteiger partial charge in [-0.25, -0.2) is 0 Å². The van der Waals surface area contributed by atoms with E-state index in [-0.39, 0.29) is 5.12 Å². The Morgan fingerprint density at radius 1 is 1.75 bits per heavy atom. The number of nitrogens with two attached hydrogens (primary N) is 1. The topological polar surface area (TPSA) is 43.1 Å². The van der Waals surface area contributed by atoms with Crippen molar-refractivity contribution >= 4 is 46.3 Å². The molecule has 0 amide bonds. The standard InChI is InChI=1S/C7H7NOS3/c1-3-4(6(8)10)2-5(12-3)7(9)11/h2H,1H3,(H2,8,10)(H,9,11). The zero-order valence-electron chi connectivity index (χ0n) is 6.33. The number of thiocarbonyl (C=S) groups is 1. The lowest BCUT2D eigenvalue weighted by atomic mass is 10.2.